The van der Waals surface area contributed by atoms with E-state index in [1.165, 1.54) is 46.8 Å². The molecule has 10 nitrogen and oxygen atoms in total. The lowest BCUT2D eigenvalue weighted by molar-refractivity contribution is -0.152. The number of carbonyl (C=O) groups is 3. The maximum absolute atomic E-state index is 15.0. The van der Waals surface area contributed by atoms with Crippen LogP contribution in [0.5, 0.6) is 0 Å². The van der Waals surface area contributed by atoms with Crippen LogP contribution in [0, 0.1) is 0 Å². The number of hydrogen-bond acceptors (Lipinski definition) is 8. The summed E-state index contributed by atoms with van der Waals surface area (Å²) < 4.78 is 41.6. The van der Waals surface area contributed by atoms with Crippen LogP contribution in [0.4, 0.5) is 8.78 Å². The molecule has 7 rings (SSSR count). The van der Waals surface area contributed by atoms with Crippen LogP contribution in [0.1, 0.15) is 45.7 Å². The highest BCUT2D eigenvalue weighted by Crippen LogP contribution is 2.51. The van der Waals surface area contributed by atoms with Crippen LogP contribution in [0.25, 0.3) is 22.3 Å². The smallest absolute Gasteiger partial charge is 0.299 e. The molecular formula is C33H29F2N5O5S. The summed E-state index contributed by atoms with van der Waals surface area (Å²) in [5.41, 5.74) is 2.29. The molecule has 2 fully saturated rings. The number of thiophene rings is 1. The van der Waals surface area contributed by atoms with Crippen molar-refractivity contribution >= 4 is 29.1 Å². The van der Waals surface area contributed by atoms with Crippen molar-refractivity contribution in [2.24, 2.45) is 0 Å². The second-order valence-corrected chi connectivity index (χ2v) is 12.5. The molecule has 0 bridgehead atoms. The van der Waals surface area contributed by atoms with Gasteiger partial charge in [0.1, 0.15) is 12.4 Å². The first kappa shape index (κ1) is 30.1. The number of nitrogens with zero attached hydrogens (tertiary/aromatic N) is 3. The average molecular weight is 646 g/mol. The van der Waals surface area contributed by atoms with Gasteiger partial charge in [0.15, 0.2) is 5.79 Å². The van der Waals surface area contributed by atoms with Crippen molar-refractivity contribution in [3.63, 3.8) is 0 Å². The van der Waals surface area contributed by atoms with Gasteiger partial charge in [-0.3, -0.25) is 14.4 Å². The van der Waals surface area contributed by atoms with Crippen LogP contribution in [0.15, 0.2) is 72.6 Å². The van der Waals surface area contributed by atoms with Crippen LogP contribution in [0.2, 0.25) is 0 Å². The van der Waals surface area contributed by atoms with Crippen molar-refractivity contribution < 1.29 is 32.6 Å². The molecule has 1 unspecified atom stereocenters. The van der Waals surface area contributed by atoms with Crippen LogP contribution < -0.4 is 10.6 Å². The molecular weight excluding hydrogens is 616 g/mol. The van der Waals surface area contributed by atoms with Gasteiger partial charge in [0.05, 0.1) is 32.3 Å². The van der Waals surface area contributed by atoms with Gasteiger partial charge in [-0.25, -0.2) is 9.97 Å². The Labute approximate surface area is 266 Å². The highest BCUT2D eigenvalue weighted by molar-refractivity contribution is 7.10. The summed E-state index contributed by atoms with van der Waals surface area (Å²) in [5, 5.41) is 7.57. The molecule has 2 atom stereocenters. The minimum absolute atomic E-state index is 0.0238. The Bertz CT molecular complexity index is 1830. The lowest BCUT2D eigenvalue weighted by Crippen LogP contribution is -2.49. The van der Waals surface area contributed by atoms with Crippen molar-refractivity contribution in [3.8, 4) is 22.3 Å². The summed E-state index contributed by atoms with van der Waals surface area (Å²) in [7, 11) is 0. The number of aromatic nitrogens is 2. The maximum Gasteiger partial charge on any atom is 0.299 e. The minimum atomic E-state index is -3.16. The first-order chi connectivity index (χ1) is 22.1. The van der Waals surface area contributed by atoms with E-state index in [-0.39, 0.29) is 47.2 Å². The normalized spacial score (nSPS) is 19.5. The highest BCUT2D eigenvalue weighted by Gasteiger charge is 2.52. The Morgan fingerprint density at radius 2 is 1.76 bits per heavy atom. The number of hydrogen-bond donors (Lipinski definition) is 2. The van der Waals surface area contributed by atoms with Gasteiger partial charge < -0.3 is 25.0 Å². The molecule has 3 aliphatic rings. The van der Waals surface area contributed by atoms with Gasteiger partial charge in [-0.2, -0.15) is 8.78 Å². The van der Waals surface area contributed by atoms with Crippen molar-refractivity contribution in [1.82, 2.24) is 25.5 Å². The molecule has 0 saturated carbocycles. The third kappa shape index (κ3) is 5.33. The third-order valence-electron chi connectivity index (χ3n) is 8.60. The molecule has 4 aromatic rings. The van der Waals surface area contributed by atoms with Crippen molar-refractivity contribution in [2.75, 3.05) is 26.3 Å². The lowest BCUT2D eigenvalue weighted by Gasteiger charge is -2.25. The number of halogens is 2. The molecule has 3 amide bonds. The quantitative estimate of drug-likeness (QED) is 0.308. The zero-order valence-corrected chi connectivity index (χ0v) is 25.5. The van der Waals surface area contributed by atoms with E-state index in [2.05, 4.69) is 20.6 Å². The van der Waals surface area contributed by atoms with Gasteiger partial charge in [0.25, 0.3) is 11.8 Å². The van der Waals surface area contributed by atoms with Crippen LogP contribution in [0.3, 0.4) is 0 Å². The molecule has 4 heterocycles. The Morgan fingerprint density at radius 3 is 2.54 bits per heavy atom. The average Bonchev–Trinajstić information content (AvgIpc) is 3.87. The number of nitrogens with one attached hydrogen (secondary N) is 2. The minimum Gasteiger partial charge on any atom is -0.347 e. The SMILES string of the molecule is C[C@@H](NC(=O)C1CC2(CN1C(=O)CNC(=O)c1ccc3c(c1)-c1ccccc1C3(F)F)OCCO2)c1cc(-c2cncnc2)cs1. The number of carbonyl (C=O) groups excluding carboxylic acids is 3. The summed E-state index contributed by atoms with van der Waals surface area (Å²) in [6.45, 7) is 2.15. The summed E-state index contributed by atoms with van der Waals surface area (Å²) in [6, 6.07) is 10.9. The second-order valence-electron chi connectivity index (χ2n) is 11.5. The Morgan fingerprint density at radius 1 is 1.02 bits per heavy atom. The summed E-state index contributed by atoms with van der Waals surface area (Å²) in [5.74, 6) is -5.74. The summed E-state index contributed by atoms with van der Waals surface area (Å²) in [4.78, 5) is 50.6. The molecule has 13 heteroatoms. The van der Waals surface area contributed by atoms with Crippen molar-refractivity contribution in [2.45, 2.75) is 37.1 Å². The maximum atomic E-state index is 15.0. The number of alkyl halides is 2. The number of amides is 3. The fourth-order valence-electron chi connectivity index (χ4n) is 6.28. The number of benzene rings is 2. The lowest BCUT2D eigenvalue weighted by atomic mass is 10.0. The Balaban J connectivity index is 1.03. The zero-order valence-electron chi connectivity index (χ0n) is 24.7. The number of fused-ring (bicyclic) bond motifs is 3. The largest absolute Gasteiger partial charge is 0.347 e. The van der Waals surface area contributed by atoms with Crippen molar-refractivity contribution in [3.05, 3.63) is 94.2 Å². The zero-order chi connectivity index (χ0) is 32.1. The van der Waals surface area contributed by atoms with E-state index < -0.39 is 36.1 Å². The van der Waals surface area contributed by atoms with E-state index in [1.807, 2.05) is 18.4 Å². The van der Waals surface area contributed by atoms with Crippen molar-refractivity contribution in [1.29, 1.82) is 0 Å². The molecule has 2 saturated heterocycles. The van der Waals surface area contributed by atoms with E-state index >= 15 is 0 Å². The van der Waals surface area contributed by atoms with Crippen LogP contribution >= 0.6 is 11.3 Å². The van der Waals surface area contributed by atoms with Gasteiger partial charge in [-0.15, -0.1) is 11.3 Å². The predicted octanol–water partition coefficient (Wildman–Crippen LogP) is 4.28. The first-order valence-electron chi connectivity index (χ1n) is 14.8. The fraction of sp³-hybridized carbons (Fsp3) is 0.303. The fourth-order valence-corrected chi connectivity index (χ4v) is 7.21. The van der Waals surface area contributed by atoms with Crippen LogP contribution in [-0.2, 0) is 25.0 Å². The molecule has 2 aromatic heterocycles. The van der Waals surface area contributed by atoms with Gasteiger partial charge in [-0.05, 0) is 47.2 Å². The predicted molar refractivity (Wildman–Crippen MR) is 164 cm³/mol. The molecule has 236 valence electrons. The molecule has 2 aliphatic heterocycles. The molecule has 0 radical (unpaired) electrons. The summed E-state index contributed by atoms with van der Waals surface area (Å²) >= 11 is 1.49. The highest BCUT2D eigenvalue weighted by atomic mass is 32.1. The van der Waals surface area contributed by atoms with E-state index in [0.29, 0.717) is 18.8 Å². The number of likely N-dealkylation sites (tertiary alicyclic amines) is 1. The Hall–Kier alpha value is -4.59. The van der Waals surface area contributed by atoms with E-state index in [4.69, 9.17) is 9.47 Å². The molecule has 46 heavy (non-hydrogen) atoms. The molecule has 2 N–H and O–H groups in total. The van der Waals surface area contributed by atoms with E-state index in [9.17, 15) is 23.2 Å². The van der Waals surface area contributed by atoms with Gasteiger partial charge in [0.2, 0.25) is 11.8 Å². The Kier molecular flexibility index (Phi) is 7.62. The topological polar surface area (TPSA) is 123 Å². The first-order valence-corrected chi connectivity index (χ1v) is 15.7. The second kappa shape index (κ2) is 11.6. The standard InChI is InChI=1S/C33H29F2N5O5S/c1-19(28-11-21(16-46-28)22-13-36-18-37-14-22)39-31(43)27-12-32(44-8-9-45-32)17-40(27)29(41)15-38-30(42)20-6-7-26-24(10-20)23-4-2-3-5-25(23)33(26,34)35/h2-7,10-11,13-14,16,18-19,27H,8-9,12,15,17H2,1H3,(H,38,42)(H,39,43)/t19-,27?/m1/s1. The van der Waals surface area contributed by atoms with Gasteiger partial charge in [-0.1, -0.05) is 30.3 Å². The van der Waals surface area contributed by atoms with Crippen LogP contribution in [-0.4, -0.2) is 70.7 Å². The van der Waals surface area contributed by atoms with Gasteiger partial charge >= 0.3 is 0 Å². The monoisotopic (exact) mass is 645 g/mol. The van der Waals surface area contributed by atoms with Gasteiger partial charge in [0, 0.05) is 45.9 Å². The van der Waals surface area contributed by atoms with E-state index in [0.717, 1.165) is 16.0 Å². The summed E-state index contributed by atoms with van der Waals surface area (Å²) in [6.07, 6.45) is 5.03. The molecule has 2 aromatic carbocycles. The number of ether oxygens (including phenoxy) is 2. The number of rotatable bonds is 7. The third-order valence-corrected chi connectivity index (χ3v) is 9.72. The van der Waals surface area contributed by atoms with E-state index in [1.54, 1.807) is 30.6 Å². The molecule has 1 spiro atoms. The molecule has 1 aliphatic carbocycles.